The van der Waals surface area contributed by atoms with Gasteiger partial charge in [0.1, 0.15) is 5.75 Å². The minimum atomic E-state index is -1.11. The number of nitrogens with one attached hydrogen (secondary N) is 2. The summed E-state index contributed by atoms with van der Waals surface area (Å²) >= 11 is 13.1. The minimum absolute atomic E-state index is 0.298. The molecule has 6 nitrogen and oxygen atoms in total. The van der Waals surface area contributed by atoms with Crippen molar-refractivity contribution in [2.75, 3.05) is 12.4 Å². The second-order valence-corrected chi connectivity index (χ2v) is 9.41. The normalized spacial score (nSPS) is 11.7. The Kier molecular flexibility index (Phi) is 8.09. The van der Waals surface area contributed by atoms with Crippen molar-refractivity contribution in [3.05, 3.63) is 74.7 Å². The van der Waals surface area contributed by atoms with Crippen molar-refractivity contribution < 1.29 is 13.7 Å². The first-order chi connectivity index (χ1) is 14.4. The number of benzene rings is 2. The average molecular weight is 484 g/mol. The van der Waals surface area contributed by atoms with E-state index >= 15 is 0 Å². The summed E-state index contributed by atoms with van der Waals surface area (Å²) in [6, 6.07) is 12.2. The molecule has 2 N–H and O–H groups in total. The highest BCUT2D eigenvalue weighted by atomic mass is 35.5. The molecule has 0 radical (unpaired) electrons. The molecule has 2 aromatic carbocycles. The molecule has 2 amide bonds. The van der Waals surface area contributed by atoms with Gasteiger partial charge >= 0.3 is 6.03 Å². The number of methoxy groups -OCH3 is 1. The molecule has 0 saturated carbocycles. The third-order valence-corrected chi connectivity index (χ3v) is 6.82. The number of ether oxygens (including phenoxy) is 1. The number of hydrogen-bond acceptors (Lipinski definition) is 5. The van der Waals surface area contributed by atoms with Crippen LogP contribution < -0.4 is 15.4 Å². The molecule has 1 unspecified atom stereocenters. The number of urea groups is 1. The first-order valence-electron chi connectivity index (χ1n) is 8.84. The van der Waals surface area contributed by atoms with Crippen LogP contribution in [0.4, 0.5) is 9.93 Å². The van der Waals surface area contributed by atoms with Crippen LogP contribution in [0.25, 0.3) is 0 Å². The van der Waals surface area contributed by atoms with E-state index in [1.54, 1.807) is 30.7 Å². The van der Waals surface area contributed by atoms with Gasteiger partial charge in [-0.05, 0) is 35.4 Å². The number of hydrogen-bond donors (Lipinski definition) is 2. The van der Waals surface area contributed by atoms with Crippen LogP contribution >= 0.6 is 34.5 Å². The van der Waals surface area contributed by atoms with E-state index in [9.17, 15) is 9.00 Å². The van der Waals surface area contributed by atoms with Crippen LogP contribution in [0.15, 0.2) is 47.8 Å². The summed E-state index contributed by atoms with van der Waals surface area (Å²) in [6.07, 6.45) is 0. The molecule has 0 spiro atoms. The second kappa shape index (κ2) is 10.8. The van der Waals surface area contributed by atoms with E-state index < -0.39 is 10.8 Å². The van der Waals surface area contributed by atoms with Crippen LogP contribution in [0.2, 0.25) is 10.0 Å². The van der Waals surface area contributed by atoms with Gasteiger partial charge in [0.25, 0.3) is 0 Å². The largest absolute Gasteiger partial charge is 0.497 e. The molecular weight excluding hydrogens is 465 g/mol. The second-order valence-electron chi connectivity index (χ2n) is 6.28. The van der Waals surface area contributed by atoms with E-state index in [4.69, 9.17) is 27.9 Å². The topological polar surface area (TPSA) is 80.3 Å². The Labute approximate surface area is 191 Å². The molecule has 0 aliphatic carbocycles. The molecule has 1 heterocycles. The number of carbonyl (C=O) groups is 1. The predicted octanol–water partition coefficient (Wildman–Crippen LogP) is 5.23. The Balaban J connectivity index is 1.47. The van der Waals surface area contributed by atoms with E-state index in [1.165, 1.54) is 11.3 Å². The lowest BCUT2D eigenvalue weighted by molar-refractivity contribution is 0.251. The van der Waals surface area contributed by atoms with Crippen molar-refractivity contribution in [3.8, 4) is 5.75 Å². The fourth-order valence-corrected chi connectivity index (χ4v) is 4.80. The molecular formula is C20H19Cl2N3O3S2. The number of rotatable bonds is 8. The van der Waals surface area contributed by atoms with Gasteiger partial charge in [-0.25, -0.2) is 9.78 Å². The van der Waals surface area contributed by atoms with Gasteiger partial charge in [0, 0.05) is 28.5 Å². The van der Waals surface area contributed by atoms with E-state index in [-0.39, 0.29) is 6.03 Å². The van der Waals surface area contributed by atoms with Gasteiger partial charge in [0.15, 0.2) is 5.13 Å². The van der Waals surface area contributed by atoms with Crippen LogP contribution in [0.1, 0.15) is 16.8 Å². The summed E-state index contributed by atoms with van der Waals surface area (Å²) in [6.45, 7) is 0.298. The van der Waals surface area contributed by atoms with Gasteiger partial charge in [-0.15, -0.1) is 11.3 Å². The Morgan fingerprint density at radius 3 is 2.53 bits per heavy atom. The molecule has 1 aromatic heterocycles. The summed E-state index contributed by atoms with van der Waals surface area (Å²) in [5.41, 5.74) is 2.46. The van der Waals surface area contributed by atoms with Crippen LogP contribution in [0.5, 0.6) is 5.75 Å². The van der Waals surface area contributed by atoms with Gasteiger partial charge in [0.05, 0.1) is 28.6 Å². The third-order valence-electron chi connectivity index (χ3n) is 4.00. The molecule has 3 rings (SSSR count). The molecule has 158 valence electrons. The lowest BCUT2D eigenvalue weighted by Crippen LogP contribution is -2.28. The standard InChI is InChI=1S/C20H19Cl2N3O3S2/c1-28-16-5-2-13(3-6-16)11-30(27)12-15-10-29-20(24-15)25-19(26)23-9-14-4-7-17(21)18(22)8-14/h2-8,10H,9,11-12H2,1H3,(H2,23,24,25,26). The highest BCUT2D eigenvalue weighted by Gasteiger charge is 2.10. The Bertz CT molecular complexity index is 1040. The number of nitrogens with zero attached hydrogens (tertiary/aromatic N) is 1. The molecule has 0 aliphatic rings. The molecule has 30 heavy (non-hydrogen) atoms. The van der Waals surface area contributed by atoms with Crippen molar-refractivity contribution in [1.82, 2.24) is 10.3 Å². The highest BCUT2D eigenvalue weighted by Crippen LogP contribution is 2.22. The smallest absolute Gasteiger partial charge is 0.321 e. The zero-order valence-corrected chi connectivity index (χ0v) is 19.1. The average Bonchev–Trinajstić information content (AvgIpc) is 3.15. The number of anilines is 1. The predicted molar refractivity (Wildman–Crippen MR) is 123 cm³/mol. The maximum Gasteiger partial charge on any atom is 0.321 e. The van der Waals surface area contributed by atoms with Gasteiger partial charge in [-0.3, -0.25) is 9.53 Å². The van der Waals surface area contributed by atoms with Gasteiger partial charge < -0.3 is 10.1 Å². The number of amides is 2. The number of thiazole rings is 1. The van der Waals surface area contributed by atoms with Crippen LogP contribution in [-0.2, 0) is 28.9 Å². The number of aromatic nitrogens is 1. The summed E-state index contributed by atoms with van der Waals surface area (Å²) in [4.78, 5) is 16.4. The summed E-state index contributed by atoms with van der Waals surface area (Å²) in [5.74, 6) is 1.50. The summed E-state index contributed by atoms with van der Waals surface area (Å²) in [7, 11) is 0.495. The van der Waals surface area contributed by atoms with Crippen LogP contribution in [-0.4, -0.2) is 22.3 Å². The van der Waals surface area contributed by atoms with E-state index in [2.05, 4.69) is 15.6 Å². The van der Waals surface area contributed by atoms with E-state index in [0.29, 0.717) is 38.9 Å². The molecule has 10 heteroatoms. The van der Waals surface area contributed by atoms with Crippen LogP contribution in [0.3, 0.4) is 0 Å². The SMILES string of the molecule is COc1ccc(CS(=O)Cc2csc(NC(=O)NCc3ccc(Cl)c(Cl)c3)n2)cc1. The Morgan fingerprint density at radius 1 is 1.10 bits per heavy atom. The lowest BCUT2D eigenvalue weighted by Gasteiger charge is -2.06. The first kappa shape index (κ1) is 22.6. The first-order valence-corrected chi connectivity index (χ1v) is 12.0. The zero-order valence-electron chi connectivity index (χ0n) is 16.0. The molecule has 3 aromatic rings. The third kappa shape index (κ3) is 6.70. The van der Waals surface area contributed by atoms with Gasteiger partial charge in [0.2, 0.25) is 0 Å². The maximum absolute atomic E-state index is 12.4. The number of halogens is 2. The van der Waals surface area contributed by atoms with Gasteiger partial charge in [-0.2, -0.15) is 0 Å². The summed E-state index contributed by atoms with van der Waals surface area (Å²) in [5, 5.41) is 8.54. The van der Waals surface area contributed by atoms with E-state index in [0.717, 1.165) is 16.9 Å². The Hall–Kier alpha value is -2.13. The maximum atomic E-state index is 12.4. The van der Waals surface area contributed by atoms with E-state index in [1.807, 2.05) is 24.3 Å². The molecule has 1 atom stereocenters. The minimum Gasteiger partial charge on any atom is -0.497 e. The van der Waals surface area contributed by atoms with Gasteiger partial charge in [-0.1, -0.05) is 41.4 Å². The van der Waals surface area contributed by atoms with Crippen molar-refractivity contribution in [2.24, 2.45) is 0 Å². The van der Waals surface area contributed by atoms with Crippen molar-refractivity contribution >= 4 is 56.5 Å². The molecule has 0 saturated heterocycles. The number of carbonyl (C=O) groups excluding carboxylic acids is 1. The van der Waals surface area contributed by atoms with Crippen molar-refractivity contribution in [1.29, 1.82) is 0 Å². The molecule has 0 bridgehead atoms. The molecule has 0 aliphatic heterocycles. The monoisotopic (exact) mass is 483 g/mol. The summed E-state index contributed by atoms with van der Waals surface area (Å²) < 4.78 is 17.5. The van der Waals surface area contributed by atoms with Crippen molar-refractivity contribution in [2.45, 2.75) is 18.1 Å². The van der Waals surface area contributed by atoms with Crippen molar-refractivity contribution in [3.63, 3.8) is 0 Å². The fourth-order valence-electron chi connectivity index (χ4n) is 2.53. The zero-order chi connectivity index (χ0) is 21.5. The molecule has 0 fully saturated rings. The van der Waals surface area contributed by atoms with Crippen LogP contribution in [0, 0.1) is 0 Å². The highest BCUT2D eigenvalue weighted by molar-refractivity contribution is 7.83. The fraction of sp³-hybridized carbons (Fsp3) is 0.200. The lowest BCUT2D eigenvalue weighted by atomic mass is 10.2. The Morgan fingerprint density at radius 2 is 1.83 bits per heavy atom. The quantitative estimate of drug-likeness (QED) is 0.459.